The van der Waals surface area contributed by atoms with Gasteiger partial charge in [-0.05, 0) is 47.4 Å². The molecule has 0 aliphatic heterocycles. The van der Waals surface area contributed by atoms with Gasteiger partial charge in [0.05, 0.1) is 20.4 Å². The third-order valence-corrected chi connectivity index (χ3v) is 6.19. The second kappa shape index (κ2) is 13.1. The molecule has 0 saturated heterocycles. The molecule has 8 nitrogen and oxygen atoms in total. The molecule has 1 atom stereocenters. The lowest BCUT2D eigenvalue weighted by Crippen LogP contribution is -2.44. The van der Waals surface area contributed by atoms with Gasteiger partial charge in [0, 0.05) is 25.5 Å². The van der Waals surface area contributed by atoms with Crippen LogP contribution in [0.3, 0.4) is 0 Å². The van der Waals surface area contributed by atoms with Crippen molar-refractivity contribution in [3.8, 4) is 11.5 Å². The third-order valence-electron chi connectivity index (χ3n) is 6.19. The van der Waals surface area contributed by atoms with Crippen molar-refractivity contribution in [1.29, 1.82) is 0 Å². The summed E-state index contributed by atoms with van der Waals surface area (Å²) in [4.78, 5) is 37.1. The highest BCUT2D eigenvalue weighted by molar-refractivity contribution is 5.96. The number of ether oxygens (including phenoxy) is 2. The second-order valence-corrected chi connectivity index (χ2v) is 8.69. The molecule has 0 aliphatic carbocycles. The van der Waals surface area contributed by atoms with Gasteiger partial charge in [0.15, 0.2) is 11.5 Å². The van der Waals surface area contributed by atoms with Crippen molar-refractivity contribution in [2.45, 2.75) is 19.0 Å². The molecule has 1 N–H and O–H groups in total. The molecule has 4 rings (SSSR count). The molecule has 0 unspecified atom stereocenters. The Labute approximate surface area is 226 Å². The van der Waals surface area contributed by atoms with Gasteiger partial charge in [0.2, 0.25) is 5.91 Å². The minimum absolute atomic E-state index is 0.0905. The zero-order chi connectivity index (χ0) is 27.6. The Hall–Kier alpha value is -4.79. The van der Waals surface area contributed by atoms with Gasteiger partial charge in [0.1, 0.15) is 17.6 Å². The van der Waals surface area contributed by atoms with Gasteiger partial charge < -0.3 is 19.7 Å². The fourth-order valence-corrected chi connectivity index (χ4v) is 4.19. The second-order valence-electron chi connectivity index (χ2n) is 8.69. The van der Waals surface area contributed by atoms with E-state index in [1.54, 1.807) is 20.3 Å². The van der Waals surface area contributed by atoms with Crippen molar-refractivity contribution in [3.05, 3.63) is 120 Å². The fraction of sp³-hybridized carbons (Fsp3) is 0.200. The van der Waals surface area contributed by atoms with E-state index in [9.17, 15) is 14.0 Å². The number of benzene rings is 3. The molecule has 200 valence electrons. The van der Waals surface area contributed by atoms with Crippen LogP contribution in [0.25, 0.3) is 0 Å². The molecule has 1 heterocycles. The number of methoxy groups -OCH3 is 2. The minimum Gasteiger partial charge on any atom is -0.493 e. The van der Waals surface area contributed by atoms with E-state index < -0.39 is 23.7 Å². The Morgan fingerprint density at radius 1 is 0.923 bits per heavy atom. The summed E-state index contributed by atoms with van der Waals surface area (Å²) >= 11 is 0. The third kappa shape index (κ3) is 6.95. The van der Waals surface area contributed by atoms with Gasteiger partial charge >= 0.3 is 0 Å². The molecule has 4 aromatic rings. The molecule has 0 fully saturated rings. The summed E-state index contributed by atoms with van der Waals surface area (Å²) in [5.74, 6) is -0.196. The minimum atomic E-state index is -1.05. The Bertz CT molecular complexity index is 1390. The topological polar surface area (TPSA) is 93.7 Å². The lowest BCUT2D eigenvalue weighted by atomic mass is 10.0. The summed E-state index contributed by atoms with van der Waals surface area (Å²) in [5.41, 5.74) is 2.33. The normalized spacial score (nSPS) is 11.4. The van der Waals surface area contributed by atoms with Crippen LogP contribution < -0.4 is 14.8 Å². The van der Waals surface area contributed by atoms with E-state index in [4.69, 9.17) is 9.47 Å². The van der Waals surface area contributed by atoms with Gasteiger partial charge in [-0.25, -0.2) is 9.37 Å². The number of carbonyl (C=O) groups is 2. The number of halogens is 1. The first-order valence-corrected chi connectivity index (χ1v) is 12.3. The Kier molecular flexibility index (Phi) is 9.18. The molecular formula is C30H29FN4O4. The molecular weight excluding hydrogens is 499 g/mol. The molecule has 1 aromatic heterocycles. The van der Waals surface area contributed by atoms with E-state index in [1.165, 1.54) is 47.8 Å². The molecule has 0 radical (unpaired) electrons. The van der Waals surface area contributed by atoms with Crippen LogP contribution in [0.2, 0.25) is 0 Å². The van der Waals surface area contributed by atoms with Crippen LogP contribution in [0.15, 0.2) is 91.4 Å². The first-order chi connectivity index (χ1) is 19.0. The average Bonchev–Trinajstić information content (AvgIpc) is 2.99. The van der Waals surface area contributed by atoms with Gasteiger partial charge in [-0.15, -0.1) is 0 Å². The summed E-state index contributed by atoms with van der Waals surface area (Å²) in [6.07, 6.45) is 4.64. The van der Waals surface area contributed by atoms with Crippen molar-refractivity contribution in [2.75, 3.05) is 20.8 Å². The fourth-order valence-electron chi connectivity index (χ4n) is 4.19. The zero-order valence-corrected chi connectivity index (χ0v) is 21.7. The largest absolute Gasteiger partial charge is 0.493 e. The number of rotatable bonds is 11. The van der Waals surface area contributed by atoms with Crippen LogP contribution in [0.5, 0.6) is 11.5 Å². The first-order valence-electron chi connectivity index (χ1n) is 12.3. The monoisotopic (exact) mass is 528 g/mol. The van der Waals surface area contributed by atoms with E-state index in [0.717, 1.165) is 11.1 Å². The van der Waals surface area contributed by atoms with Gasteiger partial charge in [-0.3, -0.25) is 14.6 Å². The van der Waals surface area contributed by atoms with Crippen molar-refractivity contribution in [2.24, 2.45) is 0 Å². The summed E-state index contributed by atoms with van der Waals surface area (Å²) in [6, 6.07) is 19.4. The van der Waals surface area contributed by atoms with Crippen molar-refractivity contribution < 1.29 is 23.5 Å². The standard InChI is InChI=1S/C30H29FN4O4/c1-38-26-13-8-21(18-27(26)39-2)14-17-35(30(37)25-20-32-15-16-33-25)28(23-9-11-24(31)12-10-23)29(36)34-19-22-6-4-3-5-7-22/h3-13,15-16,18,20,28H,14,17,19H2,1-2H3,(H,34,36)/t28-/m1/s1. The number of amides is 2. The first kappa shape index (κ1) is 27.3. The molecule has 0 bridgehead atoms. The molecule has 9 heteroatoms. The molecule has 39 heavy (non-hydrogen) atoms. The highest BCUT2D eigenvalue weighted by Crippen LogP contribution is 2.29. The summed E-state index contributed by atoms with van der Waals surface area (Å²) < 4.78 is 24.6. The number of hydrogen-bond donors (Lipinski definition) is 1. The van der Waals surface area contributed by atoms with Crippen LogP contribution in [-0.4, -0.2) is 47.4 Å². The number of hydrogen-bond acceptors (Lipinski definition) is 6. The Morgan fingerprint density at radius 3 is 2.33 bits per heavy atom. The predicted octanol–water partition coefficient (Wildman–Crippen LogP) is 4.38. The molecule has 2 amide bonds. The number of carbonyl (C=O) groups excluding carboxylic acids is 2. The van der Waals surface area contributed by atoms with Crippen LogP contribution in [0.4, 0.5) is 4.39 Å². The van der Waals surface area contributed by atoms with E-state index in [0.29, 0.717) is 23.5 Å². The lowest BCUT2D eigenvalue weighted by Gasteiger charge is -2.31. The maximum Gasteiger partial charge on any atom is 0.275 e. The van der Waals surface area contributed by atoms with Gasteiger partial charge in [-0.2, -0.15) is 0 Å². The predicted molar refractivity (Wildman–Crippen MR) is 144 cm³/mol. The summed E-state index contributed by atoms with van der Waals surface area (Å²) in [5, 5.41) is 2.93. The van der Waals surface area contributed by atoms with E-state index in [-0.39, 0.29) is 18.8 Å². The molecule has 0 saturated carbocycles. The molecule has 3 aromatic carbocycles. The quantitative estimate of drug-likeness (QED) is 0.311. The van der Waals surface area contributed by atoms with Gasteiger partial charge in [0.25, 0.3) is 5.91 Å². The van der Waals surface area contributed by atoms with E-state index in [1.807, 2.05) is 42.5 Å². The smallest absolute Gasteiger partial charge is 0.275 e. The van der Waals surface area contributed by atoms with Gasteiger partial charge in [-0.1, -0.05) is 48.5 Å². The van der Waals surface area contributed by atoms with Crippen LogP contribution >= 0.6 is 0 Å². The SMILES string of the molecule is COc1ccc(CCN(C(=O)c2cnccn2)[C@@H](C(=O)NCc2ccccc2)c2ccc(F)cc2)cc1OC. The van der Waals surface area contributed by atoms with Crippen LogP contribution in [-0.2, 0) is 17.8 Å². The maximum atomic E-state index is 13.8. The Balaban J connectivity index is 1.69. The molecule has 0 aliphatic rings. The van der Waals surface area contributed by atoms with Crippen molar-refractivity contribution in [1.82, 2.24) is 20.2 Å². The highest BCUT2D eigenvalue weighted by atomic mass is 19.1. The summed E-state index contributed by atoms with van der Waals surface area (Å²) in [7, 11) is 3.10. The lowest BCUT2D eigenvalue weighted by molar-refractivity contribution is -0.126. The van der Waals surface area contributed by atoms with Crippen molar-refractivity contribution in [3.63, 3.8) is 0 Å². The van der Waals surface area contributed by atoms with Crippen molar-refractivity contribution >= 4 is 11.8 Å². The van der Waals surface area contributed by atoms with E-state index >= 15 is 0 Å². The zero-order valence-electron chi connectivity index (χ0n) is 21.7. The summed E-state index contributed by atoms with van der Waals surface area (Å²) in [6.45, 7) is 0.423. The Morgan fingerprint density at radius 2 is 1.67 bits per heavy atom. The maximum absolute atomic E-state index is 13.8. The highest BCUT2D eigenvalue weighted by Gasteiger charge is 2.32. The van der Waals surface area contributed by atoms with E-state index in [2.05, 4.69) is 15.3 Å². The number of nitrogens with zero attached hydrogens (tertiary/aromatic N) is 3. The molecule has 0 spiro atoms. The average molecular weight is 529 g/mol. The van der Waals surface area contributed by atoms with Crippen LogP contribution in [0.1, 0.15) is 33.2 Å². The number of aromatic nitrogens is 2. The number of nitrogens with one attached hydrogen (secondary N) is 1. The van der Waals surface area contributed by atoms with Crippen LogP contribution in [0, 0.1) is 5.82 Å².